The van der Waals surface area contributed by atoms with Crippen LogP contribution in [0.1, 0.15) is 10.5 Å². The number of nitrogens with zero attached hydrogens (tertiary/aromatic N) is 2. The number of amides is 1. The molecule has 2 rings (SSSR count). The fourth-order valence-electron chi connectivity index (χ4n) is 1.48. The van der Waals surface area contributed by atoms with Gasteiger partial charge in [0.2, 0.25) is 0 Å². The highest BCUT2D eigenvalue weighted by Crippen LogP contribution is 2.08. The van der Waals surface area contributed by atoms with Crippen molar-refractivity contribution in [3.8, 4) is 0 Å². The molecule has 0 aliphatic carbocycles. The van der Waals surface area contributed by atoms with Gasteiger partial charge in [0, 0.05) is 0 Å². The molecule has 0 bridgehead atoms. The number of hydrogen-bond donors (Lipinski definition) is 3. The number of benzene rings is 1. The third-order valence-corrected chi connectivity index (χ3v) is 2.47. The molecule has 0 aliphatic rings. The quantitative estimate of drug-likeness (QED) is 0.703. The van der Waals surface area contributed by atoms with Crippen molar-refractivity contribution >= 4 is 22.9 Å². The van der Waals surface area contributed by atoms with Crippen LogP contribution in [0.2, 0.25) is 0 Å². The molecule has 0 fully saturated rings. The van der Waals surface area contributed by atoms with E-state index >= 15 is 0 Å². The predicted molar refractivity (Wildman–Crippen MR) is 65.5 cm³/mol. The third kappa shape index (κ3) is 2.83. The largest absolute Gasteiger partial charge is 0.480 e. The van der Waals surface area contributed by atoms with E-state index in [-0.39, 0.29) is 5.69 Å². The smallest absolute Gasteiger partial charge is 0.328 e. The van der Waals surface area contributed by atoms with Crippen molar-refractivity contribution in [3.05, 3.63) is 36.2 Å². The molecular formula is C12H11N3O4. The van der Waals surface area contributed by atoms with Crippen molar-refractivity contribution in [2.75, 3.05) is 6.61 Å². The molecule has 7 nitrogen and oxygen atoms in total. The third-order valence-electron chi connectivity index (χ3n) is 2.47. The van der Waals surface area contributed by atoms with E-state index in [9.17, 15) is 9.59 Å². The van der Waals surface area contributed by atoms with Gasteiger partial charge in [-0.25, -0.2) is 9.78 Å². The Bertz CT molecular complexity index is 629. The van der Waals surface area contributed by atoms with Gasteiger partial charge in [-0.1, -0.05) is 12.1 Å². The van der Waals surface area contributed by atoms with E-state index in [0.717, 1.165) is 0 Å². The Kier molecular flexibility index (Phi) is 3.67. The highest BCUT2D eigenvalue weighted by molar-refractivity contribution is 5.96. The Hall–Kier alpha value is -2.54. The molecule has 1 aromatic heterocycles. The lowest BCUT2D eigenvalue weighted by Gasteiger charge is -2.11. The van der Waals surface area contributed by atoms with Crippen molar-refractivity contribution in [2.24, 2.45) is 0 Å². The van der Waals surface area contributed by atoms with Gasteiger partial charge in [0.1, 0.15) is 5.69 Å². The number of aliphatic hydroxyl groups excluding tert-OH is 1. The Morgan fingerprint density at radius 3 is 2.58 bits per heavy atom. The molecule has 19 heavy (non-hydrogen) atoms. The van der Waals surface area contributed by atoms with Gasteiger partial charge in [0.05, 0.1) is 23.8 Å². The Morgan fingerprint density at radius 1 is 1.26 bits per heavy atom. The zero-order chi connectivity index (χ0) is 13.8. The van der Waals surface area contributed by atoms with Gasteiger partial charge in [0.15, 0.2) is 6.04 Å². The summed E-state index contributed by atoms with van der Waals surface area (Å²) in [4.78, 5) is 30.6. The SMILES string of the molecule is O=C(N[C@H](CO)C(=O)O)c1cnc2ccccc2n1. The van der Waals surface area contributed by atoms with E-state index in [4.69, 9.17) is 10.2 Å². The molecule has 1 atom stereocenters. The molecule has 7 heteroatoms. The van der Waals surface area contributed by atoms with Crippen LogP contribution >= 0.6 is 0 Å². The lowest BCUT2D eigenvalue weighted by molar-refractivity contribution is -0.140. The van der Waals surface area contributed by atoms with Crippen molar-refractivity contribution in [1.29, 1.82) is 0 Å². The summed E-state index contributed by atoms with van der Waals surface area (Å²) in [5.74, 6) is -2.01. The van der Waals surface area contributed by atoms with Crippen LogP contribution in [0, 0.1) is 0 Å². The number of carboxylic acids is 1. The summed E-state index contributed by atoms with van der Waals surface area (Å²) < 4.78 is 0. The van der Waals surface area contributed by atoms with Crippen LogP contribution in [0.15, 0.2) is 30.5 Å². The predicted octanol–water partition coefficient (Wildman–Crippen LogP) is -0.195. The van der Waals surface area contributed by atoms with E-state index in [2.05, 4.69) is 15.3 Å². The van der Waals surface area contributed by atoms with Gasteiger partial charge in [0.25, 0.3) is 5.91 Å². The van der Waals surface area contributed by atoms with Gasteiger partial charge in [-0.05, 0) is 12.1 Å². The van der Waals surface area contributed by atoms with Crippen LogP contribution in [0.25, 0.3) is 11.0 Å². The number of aliphatic hydroxyl groups is 1. The Balaban J connectivity index is 2.24. The summed E-state index contributed by atoms with van der Waals surface area (Å²) in [6.45, 7) is -0.692. The minimum atomic E-state index is -1.36. The van der Waals surface area contributed by atoms with Crippen LogP contribution in [0.3, 0.4) is 0 Å². The number of rotatable bonds is 4. The highest BCUT2D eigenvalue weighted by atomic mass is 16.4. The molecule has 98 valence electrons. The average Bonchev–Trinajstić information content (AvgIpc) is 2.43. The minimum Gasteiger partial charge on any atom is -0.480 e. The first kappa shape index (κ1) is 12.9. The molecular weight excluding hydrogens is 250 g/mol. The molecule has 2 aromatic rings. The van der Waals surface area contributed by atoms with Crippen LogP contribution in [-0.4, -0.2) is 44.7 Å². The summed E-state index contributed by atoms with van der Waals surface area (Å²) in [6.07, 6.45) is 1.26. The zero-order valence-corrected chi connectivity index (χ0v) is 9.78. The molecule has 0 unspecified atom stereocenters. The number of aliphatic carboxylic acids is 1. The Labute approximate surface area is 107 Å². The van der Waals surface area contributed by atoms with Gasteiger partial charge in [-0.2, -0.15) is 0 Å². The molecule has 1 amide bonds. The Morgan fingerprint density at radius 2 is 1.95 bits per heavy atom. The summed E-state index contributed by atoms with van der Waals surface area (Å²) in [5, 5.41) is 19.7. The van der Waals surface area contributed by atoms with Crippen LogP contribution in [0.4, 0.5) is 0 Å². The second kappa shape index (κ2) is 5.40. The van der Waals surface area contributed by atoms with Crippen molar-refractivity contribution in [3.63, 3.8) is 0 Å². The van der Waals surface area contributed by atoms with Crippen molar-refractivity contribution < 1.29 is 19.8 Å². The first-order valence-corrected chi connectivity index (χ1v) is 5.48. The number of aromatic nitrogens is 2. The van der Waals surface area contributed by atoms with Gasteiger partial charge in [-0.3, -0.25) is 9.78 Å². The van der Waals surface area contributed by atoms with E-state index in [1.165, 1.54) is 6.20 Å². The van der Waals surface area contributed by atoms with Crippen molar-refractivity contribution in [1.82, 2.24) is 15.3 Å². The van der Waals surface area contributed by atoms with Crippen molar-refractivity contribution in [2.45, 2.75) is 6.04 Å². The molecule has 3 N–H and O–H groups in total. The second-order valence-electron chi connectivity index (χ2n) is 3.79. The van der Waals surface area contributed by atoms with Gasteiger partial charge >= 0.3 is 5.97 Å². The number of para-hydroxylation sites is 2. The maximum Gasteiger partial charge on any atom is 0.328 e. The first-order valence-electron chi connectivity index (χ1n) is 5.48. The molecule has 1 aromatic carbocycles. The standard InChI is InChI=1S/C12H11N3O4/c16-6-10(12(18)19)15-11(17)9-5-13-7-3-1-2-4-8(7)14-9/h1-5,10,16H,6H2,(H,15,17)(H,18,19)/t10-/m1/s1. The molecule has 0 radical (unpaired) electrons. The fraction of sp³-hybridized carbons (Fsp3) is 0.167. The number of nitrogens with one attached hydrogen (secondary N) is 1. The van der Waals surface area contributed by atoms with E-state index < -0.39 is 24.5 Å². The maximum atomic E-state index is 11.8. The lowest BCUT2D eigenvalue weighted by atomic mass is 10.2. The summed E-state index contributed by atoms with van der Waals surface area (Å²) in [7, 11) is 0. The normalized spacial score (nSPS) is 12.1. The second-order valence-corrected chi connectivity index (χ2v) is 3.79. The first-order chi connectivity index (χ1) is 9.11. The fourth-order valence-corrected chi connectivity index (χ4v) is 1.48. The van der Waals surface area contributed by atoms with Crippen LogP contribution < -0.4 is 5.32 Å². The number of carbonyl (C=O) groups is 2. The van der Waals surface area contributed by atoms with E-state index in [1.54, 1.807) is 24.3 Å². The maximum absolute atomic E-state index is 11.8. The molecule has 0 spiro atoms. The number of carbonyl (C=O) groups excluding carboxylic acids is 1. The topological polar surface area (TPSA) is 112 Å². The van der Waals surface area contributed by atoms with Crippen LogP contribution in [0.5, 0.6) is 0 Å². The van der Waals surface area contributed by atoms with E-state index in [0.29, 0.717) is 11.0 Å². The summed E-state index contributed by atoms with van der Waals surface area (Å²) in [6, 6.07) is 5.63. The van der Waals surface area contributed by atoms with Crippen LogP contribution in [-0.2, 0) is 4.79 Å². The number of hydrogen-bond acceptors (Lipinski definition) is 5. The molecule has 1 heterocycles. The molecule has 0 saturated carbocycles. The van der Waals surface area contributed by atoms with E-state index in [1.807, 2.05) is 0 Å². The highest BCUT2D eigenvalue weighted by Gasteiger charge is 2.20. The minimum absolute atomic E-state index is 0.00148. The monoisotopic (exact) mass is 261 g/mol. The zero-order valence-electron chi connectivity index (χ0n) is 9.78. The summed E-state index contributed by atoms with van der Waals surface area (Å²) >= 11 is 0. The molecule has 0 aliphatic heterocycles. The van der Waals surface area contributed by atoms with Gasteiger partial charge in [-0.15, -0.1) is 0 Å². The summed E-state index contributed by atoms with van der Waals surface area (Å²) in [5.41, 5.74) is 1.17. The number of carboxylic acid groups (broad SMARTS) is 1. The van der Waals surface area contributed by atoms with Gasteiger partial charge < -0.3 is 15.5 Å². The average molecular weight is 261 g/mol. The lowest BCUT2D eigenvalue weighted by Crippen LogP contribution is -2.43. The number of fused-ring (bicyclic) bond motifs is 1. The molecule has 0 saturated heterocycles.